The van der Waals surface area contributed by atoms with Crippen LogP contribution in [0.5, 0.6) is 5.75 Å². The van der Waals surface area contributed by atoms with Gasteiger partial charge in [0.25, 0.3) is 0 Å². The van der Waals surface area contributed by atoms with Gasteiger partial charge in [-0.15, -0.1) is 0 Å². The number of carboxylic acid groups (broad SMARTS) is 1. The average molecular weight is 624 g/mol. The number of Topliss-reactive ketones (excluding diaryl/α,β-unsaturated/α-hetero) is 1. The minimum absolute atomic E-state index is 0.0832. The van der Waals surface area contributed by atoms with Crippen LogP contribution in [0, 0.1) is 6.92 Å². The number of aromatic nitrogens is 1. The van der Waals surface area contributed by atoms with Gasteiger partial charge in [0.05, 0.1) is 19.2 Å². The van der Waals surface area contributed by atoms with E-state index < -0.39 is 11.8 Å². The number of rotatable bonds is 21. The maximum Gasteiger partial charge on any atom is 0.335 e. The monoisotopic (exact) mass is 623 g/mol. The molecule has 0 saturated carbocycles. The van der Waals surface area contributed by atoms with Gasteiger partial charge in [-0.25, -0.2) is 4.79 Å². The van der Waals surface area contributed by atoms with Gasteiger partial charge in [-0.1, -0.05) is 51.2 Å². The molecular weight excluding hydrogens is 574 g/mol. The summed E-state index contributed by atoms with van der Waals surface area (Å²) in [4.78, 5) is 36.8. The number of unbranched alkanes of at least 4 members (excludes halogenated alkanes) is 6. The van der Waals surface area contributed by atoms with E-state index in [0.717, 1.165) is 6.42 Å². The molecule has 0 amide bonds. The number of aryl methyl sites for hydroxylation is 1. The normalized spacial score (nSPS) is 11.6. The lowest BCUT2D eigenvalue weighted by atomic mass is 10.0. The number of benzene rings is 2. The predicted octanol–water partition coefficient (Wildman–Crippen LogP) is 7.54. The Balaban J connectivity index is 1.78. The zero-order chi connectivity index (χ0) is 32.8. The van der Waals surface area contributed by atoms with Gasteiger partial charge in [0.15, 0.2) is 5.78 Å². The Hall–Kier alpha value is -3.69. The quantitative estimate of drug-likeness (QED) is 0.0561. The summed E-state index contributed by atoms with van der Waals surface area (Å²) in [6.45, 7) is 4.34. The zero-order valence-corrected chi connectivity index (χ0v) is 27.5. The highest BCUT2D eigenvalue weighted by Crippen LogP contribution is 2.31. The van der Waals surface area contributed by atoms with Crippen molar-refractivity contribution < 1.29 is 38.4 Å². The lowest BCUT2D eigenvalue weighted by molar-refractivity contribution is -0.229. The Labute approximate surface area is 266 Å². The van der Waals surface area contributed by atoms with Crippen LogP contribution < -0.4 is 4.74 Å². The van der Waals surface area contributed by atoms with Gasteiger partial charge in [0.1, 0.15) is 12.4 Å². The third kappa shape index (κ3) is 9.90. The molecule has 0 saturated heterocycles. The number of hydrogen-bond acceptors (Lipinski definition) is 7. The van der Waals surface area contributed by atoms with Crippen molar-refractivity contribution in [2.24, 2.45) is 0 Å². The van der Waals surface area contributed by atoms with Crippen molar-refractivity contribution in [3.63, 3.8) is 0 Å². The van der Waals surface area contributed by atoms with Crippen LogP contribution in [-0.4, -0.2) is 61.1 Å². The fraction of sp³-hybridized carbons (Fsp3) is 0.528. The van der Waals surface area contributed by atoms with Crippen LogP contribution in [0.4, 0.5) is 0 Å². The van der Waals surface area contributed by atoms with Crippen molar-refractivity contribution >= 4 is 28.6 Å². The second-order valence-electron chi connectivity index (χ2n) is 11.6. The number of hydrogen-bond donors (Lipinski definition) is 1. The molecule has 3 rings (SSSR count). The van der Waals surface area contributed by atoms with Crippen molar-refractivity contribution in [3.8, 4) is 5.75 Å². The molecule has 9 heteroatoms. The molecule has 1 aromatic heterocycles. The molecule has 45 heavy (non-hydrogen) atoms. The SMILES string of the molecule is CCCCCCCCc1ccc(OCC(Cn2c(C)c(C(=O)CCCCC(=O)OC)c3cc(C(=O)O)ccc32)(OC)OC)cc1. The molecule has 1 heterocycles. The number of carbonyl (C=O) groups is 3. The molecule has 0 aliphatic carbocycles. The van der Waals surface area contributed by atoms with Gasteiger partial charge < -0.3 is 28.6 Å². The molecule has 0 fully saturated rings. The number of nitrogens with zero attached hydrogens (tertiary/aromatic N) is 1. The first-order valence-electron chi connectivity index (χ1n) is 16.0. The number of ketones is 1. The van der Waals surface area contributed by atoms with E-state index in [-0.39, 0.29) is 43.3 Å². The van der Waals surface area contributed by atoms with Crippen molar-refractivity contribution in [2.45, 2.75) is 96.8 Å². The molecule has 0 unspecified atom stereocenters. The summed E-state index contributed by atoms with van der Waals surface area (Å²) in [7, 11) is 4.44. The Kier molecular flexibility index (Phi) is 14.1. The van der Waals surface area contributed by atoms with Gasteiger partial charge in [-0.05, 0) is 68.5 Å². The molecule has 9 nitrogen and oxygen atoms in total. The number of methoxy groups -OCH3 is 3. The van der Waals surface area contributed by atoms with Crippen LogP contribution in [0.3, 0.4) is 0 Å². The number of esters is 1. The molecule has 2 aromatic carbocycles. The van der Waals surface area contributed by atoms with Gasteiger partial charge >= 0.3 is 11.9 Å². The van der Waals surface area contributed by atoms with Crippen LogP contribution in [0.2, 0.25) is 0 Å². The van der Waals surface area contributed by atoms with E-state index in [1.807, 2.05) is 23.6 Å². The molecule has 1 N–H and O–H groups in total. The predicted molar refractivity (Wildman–Crippen MR) is 174 cm³/mol. The molecule has 246 valence electrons. The molecular formula is C36H49NO8. The third-order valence-electron chi connectivity index (χ3n) is 8.46. The van der Waals surface area contributed by atoms with Crippen molar-refractivity contribution in [2.75, 3.05) is 27.9 Å². The Morgan fingerprint density at radius 1 is 0.844 bits per heavy atom. The molecule has 0 bridgehead atoms. The maximum absolute atomic E-state index is 13.5. The van der Waals surface area contributed by atoms with Crippen molar-refractivity contribution in [1.29, 1.82) is 0 Å². The zero-order valence-electron chi connectivity index (χ0n) is 27.5. The Morgan fingerprint density at radius 3 is 2.16 bits per heavy atom. The topological polar surface area (TPSA) is 113 Å². The maximum atomic E-state index is 13.5. The summed E-state index contributed by atoms with van der Waals surface area (Å²) in [5.74, 6) is -2.01. The highest BCUT2D eigenvalue weighted by Gasteiger charge is 2.34. The van der Waals surface area contributed by atoms with Gasteiger partial charge in [0, 0.05) is 49.2 Å². The van der Waals surface area contributed by atoms with E-state index in [4.69, 9.17) is 14.2 Å². The molecule has 0 radical (unpaired) electrons. The minimum Gasteiger partial charge on any atom is -0.488 e. The lowest BCUT2D eigenvalue weighted by Crippen LogP contribution is -2.44. The largest absolute Gasteiger partial charge is 0.488 e. The minimum atomic E-state index is -1.19. The van der Waals surface area contributed by atoms with Gasteiger partial charge in [-0.2, -0.15) is 0 Å². The second kappa shape index (κ2) is 17.7. The Morgan fingerprint density at radius 2 is 1.51 bits per heavy atom. The number of ether oxygens (including phenoxy) is 4. The van der Waals surface area contributed by atoms with Crippen LogP contribution in [0.15, 0.2) is 42.5 Å². The van der Waals surface area contributed by atoms with Gasteiger partial charge in [0.2, 0.25) is 5.79 Å². The number of aromatic carboxylic acids is 1. The highest BCUT2D eigenvalue weighted by atomic mass is 16.7. The summed E-state index contributed by atoms with van der Waals surface area (Å²) < 4.78 is 24.5. The molecule has 0 atom stereocenters. The molecule has 0 spiro atoms. The first-order chi connectivity index (χ1) is 21.7. The molecule has 0 aliphatic rings. The third-order valence-corrected chi connectivity index (χ3v) is 8.46. The van der Waals surface area contributed by atoms with E-state index >= 15 is 0 Å². The van der Waals surface area contributed by atoms with Crippen molar-refractivity contribution in [3.05, 3.63) is 64.8 Å². The number of fused-ring (bicyclic) bond motifs is 1. The smallest absolute Gasteiger partial charge is 0.335 e. The van der Waals surface area contributed by atoms with Crippen LogP contribution >= 0.6 is 0 Å². The summed E-state index contributed by atoms with van der Waals surface area (Å²) in [6, 6.07) is 12.9. The number of carbonyl (C=O) groups excluding carboxylic acids is 2. The fourth-order valence-corrected chi connectivity index (χ4v) is 5.62. The van der Waals surface area contributed by atoms with E-state index in [0.29, 0.717) is 40.8 Å². The highest BCUT2D eigenvalue weighted by molar-refractivity contribution is 6.10. The second-order valence-corrected chi connectivity index (χ2v) is 11.6. The van der Waals surface area contributed by atoms with Crippen LogP contribution in [0.25, 0.3) is 10.9 Å². The Bertz CT molecular complexity index is 1400. The van der Waals surface area contributed by atoms with Crippen molar-refractivity contribution in [1.82, 2.24) is 4.57 Å². The average Bonchev–Trinajstić information content (AvgIpc) is 3.32. The van der Waals surface area contributed by atoms with Crippen LogP contribution in [0.1, 0.15) is 103 Å². The van der Waals surface area contributed by atoms with E-state index in [1.54, 1.807) is 20.3 Å². The standard InChI is InChI=1S/C36H49NO8/c1-6-7-8-9-10-11-14-27-17-20-29(21-18-27)45-25-36(43-4,44-5)24-37-26(2)34(32(38)15-12-13-16-33(39)42-3)30-23-28(35(40)41)19-22-31(30)37/h17-23H,6-16,24-25H2,1-5H3,(H,40,41). The van der Waals surface area contributed by atoms with Crippen LogP contribution in [-0.2, 0) is 32.0 Å². The summed E-state index contributed by atoms with van der Waals surface area (Å²) >= 11 is 0. The van der Waals surface area contributed by atoms with E-state index in [1.165, 1.54) is 63.3 Å². The fourth-order valence-electron chi connectivity index (χ4n) is 5.62. The number of carboxylic acids is 1. The molecule has 3 aromatic rings. The first kappa shape index (κ1) is 35.8. The summed E-state index contributed by atoms with van der Waals surface area (Å²) in [5.41, 5.74) is 3.18. The first-order valence-corrected chi connectivity index (χ1v) is 16.0. The van der Waals surface area contributed by atoms with Gasteiger partial charge in [-0.3, -0.25) is 9.59 Å². The molecule has 0 aliphatic heterocycles. The van der Waals surface area contributed by atoms with E-state index in [2.05, 4.69) is 23.8 Å². The summed E-state index contributed by atoms with van der Waals surface area (Å²) in [5, 5.41) is 10.2. The lowest BCUT2D eigenvalue weighted by Gasteiger charge is -2.32. The van der Waals surface area contributed by atoms with E-state index in [9.17, 15) is 19.5 Å². The summed E-state index contributed by atoms with van der Waals surface area (Å²) in [6.07, 6.45) is 10.1.